The molecular formula is C67H89ClN16O15. The highest BCUT2D eigenvalue weighted by Crippen LogP contribution is 2.22. The van der Waals surface area contributed by atoms with Crippen LogP contribution in [0.3, 0.4) is 0 Å². The Balaban J connectivity index is 1.26. The summed E-state index contributed by atoms with van der Waals surface area (Å²) in [5.41, 5.74) is 18.1. The summed E-state index contributed by atoms with van der Waals surface area (Å²) in [6.45, 7) is 4.35. The van der Waals surface area contributed by atoms with Crippen LogP contribution in [0.15, 0.2) is 96.0 Å². The van der Waals surface area contributed by atoms with Crippen LogP contribution >= 0.6 is 11.6 Å². The fourth-order valence-corrected chi connectivity index (χ4v) is 11.3. The van der Waals surface area contributed by atoms with Gasteiger partial charge in [0.15, 0.2) is 5.96 Å². The van der Waals surface area contributed by atoms with E-state index in [4.69, 9.17) is 28.8 Å². The molecule has 19 N–H and O–H groups in total. The SMILES string of the molecule is CC(=O)NC1CC(=O)NCC(=O)N[C@@H](C(=O)N[C@@H](CO)C(=O)N[C@@H](Cc2ccc(O)cc2)C(=O)NC(Cc2ccc3ccccc3c2)C(=O)N[C@H](CC(C)C)C(=O)N[C@@H](CCCN=C(N)N)C(=O)N2CCC[C@@H]2C(=O)NC(C)C(N)=O)CCCNC(=O)[C@@H](Cc2ccc(Cl)cc2)NC1=O. The number of carbonyl (C=O) groups is 13. The molecule has 32 heteroatoms. The minimum Gasteiger partial charge on any atom is -0.508 e. The number of rotatable bonds is 28. The van der Waals surface area contributed by atoms with Crippen molar-refractivity contribution in [2.45, 2.75) is 159 Å². The van der Waals surface area contributed by atoms with Crippen molar-refractivity contribution in [1.29, 1.82) is 0 Å². The number of amides is 13. The number of benzene rings is 4. The average molecular weight is 1390 g/mol. The molecule has 534 valence electrons. The summed E-state index contributed by atoms with van der Waals surface area (Å²) in [6.07, 6.45) is -0.655. The molecule has 0 aliphatic carbocycles. The van der Waals surface area contributed by atoms with Crippen molar-refractivity contribution in [3.63, 3.8) is 0 Å². The van der Waals surface area contributed by atoms with Crippen LogP contribution in [0.1, 0.15) is 95.8 Å². The normalized spacial score (nSPS) is 18.8. The predicted octanol–water partition coefficient (Wildman–Crippen LogP) is -2.39. The number of hydrogen-bond acceptors (Lipinski definition) is 16. The second-order valence-electron chi connectivity index (χ2n) is 24.8. The molecule has 0 saturated carbocycles. The van der Waals surface area contributed by atoms with Gasteiger partial charge in [-0.05, 0) is 110 Å². The van der Waals surface area contributed by atoms with Gasteiger partial charge in [-0.3, -0.25) is 67.3 Å². The number of fused-ring (bicyclic) bond motifs is 1. The van der Waals surface area contributed by atoms with E-state index in [9.17, 15) is 63.0 Å². The molecule has 10 atom stereocenters. The van der Waals surface area contributed by atoms with Gasteiger partial charge in [-0.25, -0.2) is 0 Å². The van der Waals surface area contributed by atoms with E-state index in [1.165, 1.54) is 36.1 Å². The summed E-state index contributed by atoms with van der Waals surface area (Å²) in [5, 5.41) is 51.3. The lowest BCUT2D eigenvalue weighted by Crippen LogP contribution is -2.61. The van der Waals surface area contributed by atoms with Crippen LogP contribution in [0.5, 0.6) is 5.75 Å². The first-order valence-corrected chi connectivity index (χ1v) is 32.9. The van der Waals surface area contributed by atoms with Crippen LogP contribution < -0.4 is 75.7 Å². The maximum absolute atomic E-state index is 15.1. The standard InChI is InChI=1S/C67H89ClN16O15/c1-36(2)28-48(60(93)78-47(13-8-26-73-67(70)71)66(99)84-27-9-14-54(84)65(98)75-37(3)57(69)90)79-62(95)51(32-41-15-20-42-10-5-6-11-43(42)29-41)81-61(94)50(31-40-18-23-45(87)24-19-40)82-64(97)53(35-85)83-59(92)46-12-7-25-72-58(91)49(30-39-16-21-44(68)22-17-39)80-63(96)52(76-38(4)86)33-55(88)74-34-56(89)77-46/h5-6,10-11,15-24,29,36-37,46-54,85,87H,7-9,12-14,25-28,30-35H2,1-4H3,(H2,69,90)(H,72,91)(H,74,88)(H,75,98)(H,76,86)(H,77,89)(H,78,93)(H,79,95)(H,80,96)(H,81,94)(H,82,97)(H,83,92)(H4,70,71,73)/t37?,46-,47+,48-,49-,50+,51?,52?,53+,54-/m1/s1. The smallest absolute Gasteiger partial charge is 0.245 e. The van der Waals surface area contributed by atoms with Crippen molar-refractivity contribution in [1.82, 2.24) is 63.4 Å². The van der Waals surface area contributed by atoms with Gasteiger partial charge in [0.1, 0.15) is 66.2 Å². The fraction of sp³-hybridized carbons (Fsp3) is 0.463. The molecule has 0 aromatic heterocycles. The van der Waals surface area contributed by atoms with Crippen LogP contribution in [-0.4, -0.2) is 191 Å². The topological polar surface area (TPSA) is 488 Å². The Bertz CT molecular complexity index is 3590. The van der Waals surface area contributed by atoms with E-state index in [1.807, 2.05) is 30.3 Å². The summed E-state index contributed by atoms with van der Waals surface area (Å²) in [7, 11) is 0. The fourth-order valence-electron chi connectivity index (χ4n) is 11.2. The van der Waals surface area contributed by atoms with Gasteiger partial charge in [0.25, 0.3) is 0 Å². The molecule has 6 rings (SSSR count). The number of nitrogens with one attached hydrogen (secondary N) is 11. The first kappa shape index (κ1) is 77.6. The maximum Gasteiger partial charge on any atom is 0.245 e. The number of guanidine groups is 1. The summed E-state index contributed by atoms with van der Waals surface area (Å²) in [4.78, 5) is 185. The molecule has 3 unspecified atom stereocenters. The Labute approximate surface area is 576 Å². The average Bonchev–Trinajstić information content (AvgIpc) is 1.60. The van der Waals surface area contributed by atoms with Gasteiger partial charge in [-0.15, -0.1) is 0 Å². The summed E-state index contributed by atoms with van der Waals surface area (Å²) in [6, 6.07) is 10.8. The predicted molar refractivity (Wildman–Crippen MR) is 364 cm³/mol. The van der Waals surface area contributed by atoms with Gasteiger partial charge in [0, 0.05) is 50.8 Å². The molecular weight excluding hydrogens is 1300 g/mol. The van der Waals surface area contributed by atoms with E-state index in [0.717, 1.165) is 17.7 Å². The number of carbonyl (C=O) groups excluding carboxylic acids is 13. The number of aliphatic imine (C=N–C) groups is 1. The number of aromatic hydroxyl groups is 1. The Kier molecular flexibility index (Phi) is 29.7. The van der Waals surface area contributed by atoms with Crippen molar-refractivity contribution in [2.24, 2.45) is 28.1 Å². The molecule has 13 amide bonds. The maximum atomic E-state index is 15.1. The highest BCUT2D eigenvalue weighted by atomic mass is 35.5. The quantitative estimate of drug-likeness (QED) is 0.0160. The molecule has 2 fully saturated rings. The van der Waals surface area contributed by atoms with E-state index in [-0.39, 0.29) is 95.0 Å². The van der Waals surface area contributed by atoms with Gasteiger partial charge in [-0.1, -0.05) is 92.2 Å². The van der Waals surface area contributed by atoms with Gasteiger partial charge in [0.2, 0.25) is 76.8 Å². The number of nitrogens with two attached hydrogens (primary N) is 3. The highest BCUT2D eigenvalue weighted by molar-refractivity contribution is 6.30. The van der Waals surface area contributed by atoms with Crippen molar-refractivity contribution in [2.75, 3.05) is 32.8 Å². The van der Waals surface area contributed by atoms with Crippen molar-refractivity contribution < 1.29 is 72.5 Å². The summed E-state index contributed by atoms with van der Waals surface area (Å²) in [5.74, 6) is -11.5. The third kappa shape index (κ3) is 24.9. The van der Waals surface area contributed by atoms with E-state index >= 15 is 9.59 Å². The lowest BCUT2D eigenvalue weighted by Gasteiger charge is -2.31. The molecule has 0 bridgehead atoms. The molecule has 0 radical (unpaired) electrons. The molecule has 31 nitrogen and oxygen atoms in total. The van der Waals surface area contributed by atoms with Crippen LogP contribution in [0.2, 0.25) is 5.02 Å². The number of primary amides is 1. The second kappa shape index (κ2) is 37.9. The largest absolute Gasteiger partial charge is 0.508 e. The number of phenolic OH excluding ortho intramolecular Hbond substituents is 1. The number of halogens is 1. The number of aliphatic hydroxyl groups is 1. The Morgan fingerprint density at radius 1 is 0.657 bits per heavy atom. The lowest BCUT2D eigenvalue weighted by molar-refractivity contribution is -0.142. The Morgan fingerprint density at radius 3 is 1.90 bits per heavy atom. The second-order valence-corrected chi connectivity index (χ2v) is 25.3. The molecule has 4 aromatic rings. The van der Waals surface area contributed by atoms with Crippen LogP contribution in [0.25, 0.3) is 10.8 Å². The summed E-state index contributed by atoms with van der Waals surface area (Å²) < 4.78 is 0. The van der Waals surface area contributed by atoms with E-state index in [2.05, 4.69) is 63.5 Å². The lowest BCUT2D eigenvalue weighted by atomic mass is 9.98. The van der Waals surface area contributed by atoms with Gasteiger partial charge in [0.05, 0.1) is 19.6 Å². The third-order valence-electron chi connectivity index (χ3n) is 16.4. The zero-order valence-corrected chi connectivity index (χ0v) is 56.3. The molecule has 99 heavy (non-hydrogen) atoms. The van der Waals surface area contributed by atoms with E-state index in [1.54, 1.807) is 50.2 Å². The Hall–Kier alpha value is -10.4. The molecule has 2 aliphatic rings. The highest BCUT2D eigenvalue weighted by Gasteiger charge is 2.40. The zero-order chi connectivity index (χ0) is 72.5. The van der Waals surface area contributed by atoms with Gasteiger partial charge in [-0.2, -0.15) is 0 Å². The third-order valence-corrected chi connectivity index (χ3v) is 16.6. The van der Waals surface area contributed by atoms with Crippen molar-refractivity contribution in [3.8, 4) is 5.75 Å². The van der Waals surface area contributed by atoms with Gasteiger partial charge < -0.3 is 90.8 Å². The number of phenols is 1. The summed E-state index contributed by atoms with van der Waals surface area (Å²) >= 11 is 6.08. The van der Waals surface area contributed by atoms with E-state index in [0.29, 0.717) is 28.1 Å². The van der Waals surface area contributed by atoms with Gasteiger partial charge >= 0.3 is 0 Å². The monoisotopic (exact) mass is 1390 g/mol. The Morgan fingerprint density at radius 2 is 1.26 bits per heavy atom. The van der Waals surface area contributed by atoms with Crippen molar-refractivity contribution in [3.05, 3.63) is 113 Å². The minimum atomic E-state index is -1.83. The van der Waals surface area contributed by atoms with Crippen LogP contribution in [0, 0.1) is 5.92 Å². The molecule has 2 heterocycles. The number of nitrogens with zero attached hydrogens (tertiary/aromatic N) is 2. The first-order valence-electron chi connectivity index (χ1n) is 32.6. The zero-order valence-electron chi connectivity index (χ0n) is 55.5. The first-order chi connectivity index (χ1) is 47.1. The van der Waals surface area contributed by atoms with Crippen LogP contribution in [-0.2, 0) is 81.6 Å². The molecule has 4 aromatic carbocycles. The van der Waals surface area contributed by atoms with Crippen LogP contribution in [0.4, 0.5) is 0 Å². The van der Waals surface area contributed by atoms with E-state index < -0.39 is 157 Å². The molecule has 2 saturated heterocycles. The number of hydrogen-bond donors (Lipinski definition) is 16. The molecule has 0 spiro atoms. The number of likely N-dealkylation sites (tertiary alicyclic amines) is 1. The minimum absolute atomic E-state index is 0.00294. The molecule has 2 aliphatic heterocycles. The van der Waals surface area contributed by atoms with Crippen molar-refractivity contribution >= 4 is 105 Å². The number of aliphatic hydroxyl groups excluding tert-OH is 1.